The van der Waals surface area contributed by atoms with Crippen molar-refractivity contribution in [1.29, 1.82) is 0 Å². The number of hydrogen-bond donors (Lipinski definition) is 1. The van der Waals surface area contributed by atoms with Gasteiger partial charge in [0.15, 0.2) is 5.57 Å². The lowest BCUT2D eigenvalue weighted by molar-refractivity contribution is -0.147. The van der Waals surface area contributed by atoms with Crippen LogP contribution in [0.15, 0.2) is 11.3 Å². The summed E-state index contributed by atoms with van der Waals surface area (Å²) in [6.45, 7) is 5.58. The van der Waals surface area contributed by atoms with E-state index in [2.05, 4.69) is 5.32 Å². The Morgan fingerprint density at radius 2 is 1.52 bits per heavy atom. The highest BCUT2D eigenvalue weighted by Crippen LogP contribution is 2.22. The van der Waals surface area contributed by atoms with Crippen molar-refractivity contribution >= 4 is 17.9 Å². The van der Waals surface area contributed by atoms with Crippen LogP contribution in [-0.2, 0) is 28.6 Å². The first-order valence-corrected chi connectivity index (χ1v) is 7.05. The normalized spacial score (nSPS) is 16.9. The predicted molar refractivity (Wildman–Crippen MR) is 73.1 cm³/mol. The molecule has 1 heterocycles. The molecule has 0 spiro atoms. The van der Waals surface area contributed by atoms with Gasteiger partial charge in [-0.1, -0.05) is 0 Å². The van der Waals surface area contributed by atoms with Crippen molar-refractivity contribution in [2.75, 3.05) is 19.8 Å². The van der Waals surface area contributed by atoms with Gasteiger partial charge in [0.25, 0.3) is 0 Å². The van der Waals surface area contributed by atoms with E-state index in [1.165, 1.54) is 0 Å². The summed E-state index contributed by atoms with van der Waals surface area (Å²) in [6, 6.07) is -0.557. The standard InChI is InChI=1S/C14H21NO6/c1-4-19-12(16)10-8-7-9(15-10)11(13(17)20-5-2)14(18)21-6-3/h10,15H,4-8H2,1-3H3/t10-/m0/s1. The number of ether oxygens (including phenoxy) is 3. The van der Waals surface area contributed by atoms with Gasteiger partial charge in [0.1, 0.15) is 6.04 Å². The molecule has 0 aromatic rings. The molecule has 0 radical (unpaired) electrons. The first-order chi connectivity index (χ1) is 10.0. The van der Waals surface area contributed by atoms with Crippen molar-refractivity contribution < 1.29 is 28.6 Å². The van der Waals surface area contributed by atoms with Crippen LogP contribution in [-0.4, -0.2) is 43.8 Å². The van der Waals surface area contributed by atoms with E-state index in [0.29, 0.717) is 18.5 Å². The zero-order valence-electron chi connectivity index (χ0n) is 12.6. The maximum absolute atomic E-state index is 11.9. The van der Waals surface area contributed by atoms with Gasteiger partial charge in [-0.25, -0.2) is 14.4 Å². The molecule has 0 saturated carbocycles. The Hall–Kier alpha value is -2.05. The van der Waals surface area contributed by atoms with Crippen LogP contribution in [0, 0.1) is 0 Å². The average Bonchev–Trinajstić information content (AvgIpc) is 2.89. The molecular weight excluding hydrogens is 278 g/mol. The minimum atomic E-state index is -0.747. The van der Waals surface area contributed by atoms with E-state index < -0.39 is 23.9 Å². The molecule has 1 rings (SSSR count). The fraction of sp³-hybridized carbons (Fsp3) is 0.643. The first-order valence-electron chi connectivity index (χ1n) is 7.05. The number of esters is 3. The molecule has 0 amide bonds. The van der Waals surface area contributed by atoms with Crippen molar-refractivity contribution in [3.8, 4) is 0 Å². The topological polar surface area (TPSA) is 90.9 Å². The molecule has 0 aromatic heterocycles. The Morgan fingerprint density at radius 3 is 2.00 bits per heavy atom. The van der Waals surface area contributed by atoms with Crippen LogP contribution < -0.4 is 5.32 Å². The Kier molecular flexibility index (Phi) is 6.71. The molecule has 1 aliphatic heterocycles. The third-order valence-electron chi connectivity index (χ3n) is 2.86. The predicted octanol–water partition coefficient (Wildman–Crippen LogP) is 0.682. The highest BCUT2D eigenvalue weighted by atomic mass is 16.6. The SMILES string of the molecule is CCOC(=O)C(C(=O)OCC)=C1CC[C@@H](C(=O)OCC)N1. The summed E-state index contributed by atoms with van der Waals surface area (Å²) in [7, 11) is 0. The van der Waals surface area contributed by atoms with E-state index in [9.17, 15) is 14.4 Å². The maximum Gasteiger partial charge on any atom is 0.347 e. The van der Waals surface area contributed by atoms with E-state index in [1.54, 1.807) is 20.8 Å². The van der Waals surface area contributed by atoms with E-state index in [-0.39, 0.29) is 25.4 Å². The van der Waals surface area contributed by atoms with Crippen LogP contribution >= 0.6 is 0 Å². The molecule has 21 heavy (non-hydrogen) atoms. The maximum atomic E-state index is 11.9. The zero-order valence-corrected chi connectivity index (χ0v) is 12.6. The second kappa shape index (κ2) is 8.28. The molecule has 0 aromatic carbocycles. The van der Waals surface area contributed by atoms with Gasteiger partial charge in [-0.15, -0.1) is 0 Å². The monoisotopic (exact) mass is 299 g/mol. The number of allylic oxidation sites excluding steroid dienone is 1. The van der Waals surface area contributed by atoms with Crippen LogP contribution in [0.4, 0.5) is 0 Å². The van der Waals surface area contributed by atoms with Gasteiger partial charge in [-0.2, -0.15) is 0 Å². The Balaban J connectivity index is 2.94. The smallest absolute Gasteiger partial charge is 0.347 e. The second-order valence-corrected chi connectivity index (χ2v) is 4.28. The van der Waals surface area contributed by atoms with Crippen molar-refractivity contribution in [1.82, 2.24) is 5.32 Å². The van der Waals surface area contributed by atoms with Gasteiger partial charge in [0, 0.05) is 5.70 Å². The lowest BCUT2D eigenvalue weighted by Gasteiger charge is -2.12. The molecule has 7 heteroatoms. The molecule has 0 aliphatic carbocycles. The minimum absolute atomic E-state index is 0.149. The Bertz CT molecular complexity index is 423. The molecule has 1 N–H and O–H groups in total. The van der Waals surface area contributed by atoms with Crippen LogP contribution in [0.2, 0.25) is 0 Å². The number of hydrogen-bond acceptors (Lipinski definition) is 7. The number of nitrogens with one attached hydrogen (secondary N) is 1. The summed E-state index contributed by atoms with van der Waals surface area (Å²) in [5, 5.41) is 2.86. The van der Waals surface area contributed by atoms with Crippen molar-refractivity contribution in [3.63, 3.8) is 0 Å². The van der Waals surface area contributed by atoms with E-state index >= 15 is 0 Å². The van der Waals surface area contributed by atoms with Gasteiger partial charge >= 0.3 is 17.9 Å². The van der Waals surface area contributed by atoms with Crippen molar-refractivity contribution in [2.24, 2.45) is 0 Å². The molecular formula is C14H21NO6. The van der Waals surface area contributed by atoms with E-state index in [1.807, 2.05) is 0 Å². The van der Waals surface area contributed by atoms with E-state index in [0.717, 1.165) is 0 Å². The summed E-state index contributed by atoms with van der Waals surface area (Å²) < 4.78 is 14.7. The fourth-order valence-corrected chi connectivity index (χ4v) is 2.00. The molecule has 1 atom stereocenters. The van der Waals surface area contributed by atoms with Gasteiger partial charge in [-0.05, 0) is 33.6 Å². The Labute approximate surface area is 123 Å². The molecule has 0 unspecified atom stereocenters. The third kappa shape index (κ3) is 4.47. The summed E-state index contributed by atoms with van der Waals surface area (Å²) in [5.74, 6) is -1.90. The third-order valence-corrected chi connectivity index (χ3v) is 2.86. The summed E-state index contributed by atoms with van der Waals surface area (Å²) in [4.78, 5) is 35.5. The fourth-order valence-electron chi connectivity index (χ4n) is 2.00. The average molecular weight is 299 g/mol. The van der Waals surface area contributed by atoms with Crippen LogP contribution in [0.25, 0.3) is 0 Å². The molecule has 7 nitrogen and oxygen atoms in total. The second-order valence-electron chi connectivity index (χ2n) is 4.28. The quantitative estimate of drug-likeness (QED) is 0.253. The summed E-state index contributed by atoms with van der Waals surface area (Å²) >= 11 is 0. The van der Waals surface area contributed by atoms with Crippen molar-refractivity contribution in [3.05, 3.63) is 11.3 Å². The summed E-state index contributed by atoms with van der Waals surface area (Å²) in [5.41, 5.74) is 0.190. The highest BCUT2D eigenvalue weighted by molar-refractivity contribution is 6.14. The minimum Gasteiger partial charge on any atom is -0.464 e. The molecule has 118 valence electrons. The lowest BCUT2D eigenvalue weighted by atomic mass is 10.1. The lowest BCUT2D eigenvalue weighted by Crippen LogP contribution is -2.33. The summed E-state index contributed by atoms with van der Waals surface area (Å²) in [6.07, 6.45) is 0.840. The van der Waals surface area contributed by atoms with Gasteiger partial charge < -0.3 is 19.5 Å². The highest BCUT2D eigenvalue weighted by Gasteiger charge is 2.33. The number of carbonyl (C=O) groups excluding carboxylic acids is 3. The molecule has 1 fully saturated rings. The molecule has 0 bridgehead atoms. The first kappa shape index (κ1) is 17.0. The Morgan fingerprint density at radius 1 is 1.00 bits per heavy atom. The van der Waals surface area contributed by atoms with E-state index in [4.69, 9.17) is 14.2 Å². The van der Waals surface area contributed by atoms with Gasteiger partial charge in [0.05, 0.1) is 19.8 Å². The number of carbonyl (C=O) groups is 3. The van der Waals surface area contributed by atoms with Gasteiger partial charge in [-0.3, -0.25) is 0 Å². The molecule has 1 saturated heterocycles. The van der Waals surface area contributed by atoms with Crippen LogP contribution in [0.1, 0.15) is 33.6 Å². The van der Waals surface area contributed by atoms with Gasteiger partial charge in [0.2, 0.25) is 0 Å². The largest absolute Gasteiger partial charge is 0.464 e. The zero-order chi connectivity index (χ0) is 15.8. The van der Waals surface area contributed by atoms with Crippen molar-refractivity contribution in [2.45, 2.75) is 39.7 Å². The van der Waals surface area contributed by atoms with Crippen LogP contribution in [0.3, 0.4) is 0 Å². The number of rotatable bonds is 6. The van der Waals surface area contributed by atoms with Crippen LogP contribution in [0.5, 0.6) is 0 Å². The molecule has 1 aliphatic rings.